The highest BCUT2D eigenvalue weighted by molar-refractivity contribution is 6.32. The fraction of sp³-hybridized carbons (Fsp3) is 0.600. The Morgan fingerprint density at radius 2 is 2.00 bits per heavy atom. The molecule has 1 aromatic rings. The van der Waals surface area contributed by atoms with Gasteiger partial charge in [0.1, 0.15) is 5.75 Å². The first-order valence-corrected chi connectivity index (χ1v) is 7.21. The lowest BCUT2D eigenvalue weighted by atomic mass is 10.1. The van der Waals surface area contributed by atoms with Crippen LogP contribution in [0.4, 0.5) is 0 Å². The molecule has 0 saturated carbocycles. The van der Waals surface area contributed by atoms with E-state index in [1.165, 1.54) is 0 Å². The highest BCUT2D eigenvalue weighted by Crippen LogP contribution is 2.28. The Hall–Kier alpha value is -0.770. The van der Waals surface area contributed by atoms with Crippen molar-refractivity contribution < 1.29 is 9.84 Å². The lowest BCUT2D eigenvalue weighted by Crippen LogP contribution is -2.36. The van der Waals surface area contributed by atoms with Gasteiger partial charge in [0.2, 0.25) is 0 Å². The Bertz CT molecular complexity index is 380. The molecule has 0 heterocycles. The number of aromatic hydroxyl groups is 1. The summed E-state index contributed by atoms with van der Waals surface area (Å²) in [6, 6.07) is 5.99. The fourth-order valence-electron chi connectivity index (χ4n) is 2.31. The number of hydrogen-bond acceptors (Lipinski definition) is 3. The Kier molecular flexibility index (Phi) is 7.21. The zero-order valence-electron chi connectivity index (χ0n) is 12.0. The molecule has 0 saturated heterocycles. The van der Waals surface area contributed by atoms with E-state index in [4.69, 9.17) is 16.3 Å². The van der Waals surface area contributed by atoms with Crippen LogP contribution in [0.2, 0.25) is 5.02 Å². The van der Waals surface area contributed by atoms with Gasteiger partial charge in [-0.05, 0) is 18.9 Å². The molecular weight excluding hydrogens is 262 g/mol. The lowest BCUT2D eigenvalue weighted by Gasteiger charge is -2.30. The highest BCUT2D eigenvalue weighted by Gasteiger charge is 2.17. The summed E-state index contributed by atoms with van der Waals surface area (Å²) >= 11 is 5.96. The van der Waals surface area contributed by atoms with Crippen molar-refractivity contribution in [2.45, 2.75) is 39.3 Å². The third-order valence-corrected chi connectivity index (χ3v) is 3.79. The summed E-state index contributed by atoms with van der Waals surface area (Å²) in [5.74, 6) is 0.192. The van der Waals surface area contributed by atoms with Crippen LogP contribution in [0.1, 0.15) is 32.3 Å². The van der Waals surface area contributed by atoms with Crippen molar-refractivity contribution in [2.75, 3.05) is 20.3 Å². The van der Waals surface area contributed by atoms with Gasteiger partial charge in [0.25, 0.3) is 0 Å². The summed E-state index contributed by atoms with van der Waals surface area (Å²) in [5.41, 5.74) is 0.871. The Morgan fingerprint density at radius 3 is 2.58 bits per heavy atom. The third kappa shape index (κ3) is 4.68. The third-order valence-electron chi connectivity index (χ3n) is 3.49. The smallest absolute Gasteiger partial charge is 0.138 e. The fourth-order valence-corrected chi connectivity index (χ4v) is 2.50. The second-order valence-corrected chi connectivity index (χ2v) is 5.09. The first-order chi connectivity index (χ1) is 9.13. The predicted octanol–water partition coefficient (Wildman–Crippen LogP) is 3.68. The van der Waals surface area contributed by atoms with Crippen LogP contribution >= 0.6 is 11.6 Å². The SMILES string of the molecule is CCC(CC)N(CCOC)Cc1cccc(Cl)c1O. The number of nitrogens with zero attached hydrogens (tertiary/aromatic N) is 1. The van der Waals surface area contributed by atoms with E-state index >= 15 is 0 Å². The molecule has 1 N–H and O–H groups in total. The van der Waals surface area contributed by atoms with E-state index in [1.807, 2.05) is 12.1 Å². The minimum atomic E-state index is 0.192. The van der Waals surface area contributed by atoms with Gasteiger partial charge in [-0.2, -0.15) is 0 Å². The molecule has 0 spiro atoms. The molecule has 3 nitrogen and oxygen atoms in total. The largest absolute Gasteiger partial charge is 0.506 e. The number of para-hydroxylation sites is 1. The number of benzene rings is 1. The predicted molar refractivity (Wildman–Crippen MR) is 79.8 cm³/mol. The molecule has 0 unspecified atom stereocenters. The number of hydrogen-bond donors (Lipinski definition) is 1. The van der Waals surface area contributed by atoms with E-state index < -0.39 is 0 Å². The molecule has 0 radical (unpaired) electrons. The number of halogens is 1. The van der Waals surface area contributed by atoms with Crippen LogP contribution < -0.4 is 0 Å². The van der Waals surface area contributed by atoms with Gasteiger partial charge in [-0.1, -0.05) is 37.6 Å². The summed E-state index contributed by atoms with van der Waals surface area (Å²) in [6.07, 6.45) is 2.17. The molecule has 0 aliphatic heterocycles. The lowest BCUT2D eigenvalue weighted by molar-refractivity contribution is 0.109. The van der Waals surface area contributed by atoms with Gasteiger partial charge < -0.3 is 9.84 Å². The van der Waals surface area contributed by atoms with Crippen molar-refractivity contribution in [2.24, 2.45) is 0 Å². The molecule has 4 heteroatoms. The van der Waals surface area contributed by atoms with E-state index in [0.717, 1.165) is 24.9 Å². The second-order valence-electron chi connectivity index (χ2n) is 4.68. The number of phenols is 1. The van der Waals surface area contributed by atoms with Crippen LogP contribution in [0.25, 0.3) is 0 Å². The van der Waals surface area contributed by atoms with E-state index in [2.05, 4.69) is 18.7 Å². The molecule has 0 bridgehead atoms. The zero-order chi connectivity index (χ0) is 14.3. The average Bonchev–Trinajstić information content (AvgIpc) is 2.42. The molecule has 0 aliphatic carbocycles. The number of methoxy groups -OCH3 is 1. The van der Waals surface area contributed by atoms with Gasteiger partial charge in [-0.3, -0.25) is 4.90 Å². The second kappa shape index (κ2) is 8.41. The number of ether oxygens (including phenoxy) is 1. The number of phenolic OH excluding ortho intramolecular Hbond substituents is 1. The minimum absolute atomic E-state index is 0.192. The summed E-state index contributed by atoms with van der Waals surface area (Å²) in [5, 5.41) is 10.4. The van der Waals surface area contributed by atoms with Crippen molar-refractivity contribution in [1.82, 2.24) is 4.90 Å². The van der Waals surface area contributed by atoms with E-state index in [9.17, 15) is 5.11 Å². The molecule has 0 atom stereocenters. The van der Waals surface area contributed by atoms with Crippen LogP contribution in [-0.4, -0.2) is 36.3 Å². The first kappa shape index (κ1) is 16.3. The summed E-state index contributed by atoms with van der Waals surface area (Å²) in [4.78, 5) is 2.34. The van der Waals surface area contributed by atoms with Gasteiger partial charge in [0.05, 0.1) is 11.6 Å². The highest BCUT2D eigenvalue weighted by atomic mass is 35.5. The van der Waals surface area contributed by atoms with Crippen LogP contribution in [-0.2, 0) is 11.3 Å². The standard InChI is InChI=1S/C15H24ClNO2/c1-4-13(5-2)17(9-10-19-3)11-12-7-6-8-14(16)15(12)18/h6-8,13,18H,4-5,9-11H2,1-3H3. The van der Waals surface area contributed by atoms with Crippen molar-refractivity contribution >= 4 is 11.6 Å². The minimum Gasteiger partial charge on any atom is -0.506 e. The van der Waals surface area contributed by atoms with Crippen molar-refractivity contribution in [3.8, 4) is 5.75 Å². The van der Waals surface area contributed by atoms with Crippen molar-refractivity contribution in [3.05, 3.63) is 28.8 Å². The molecule has 1 rings (SSSR count). The van der Waals surface area contributed by atoms with Gasteiger partial charge >= 0.3 is 0 Å². The van der Waals surface area contributed by atoms with Crippen molar-refractivity contribution in [1.29, 1.82) is 0 Å². The molecule has 108 valence electrons. The van der Waals surface area contributed by atoms with E-state index in [-0.39, 0.29) is 5.75 Å². The van der Waals surface area contributed by atoms with Gasteiger partial charge in [0.15, 0.2) is 0 Å². The average molecular weight is 286 g/mol. The first-order valence-electron chi connectivity index (χ1n) is 6.83. The van der Waals surface area contributed by atoms with Gasteiger partial charge in [0, 0.05) is 31.8 Å². The molecule has 0 aliphatic rings. The van der Waals surface area contributed by atoms with Crippen LogP contribution in [0, 0.1) is 0 Å². The summed E-state index contributed by atoms with van der Waals surface area (Å²) in [7, 11) is 1.71. The van der Waals surface area contributed by atoms with E-state index in [0.29, 0.717) is 24.2 Å². The van der Waals surface area contributed by atoms with Crippen LogP contribution in [0.5, 0.6) is 5.75 Å². The Morgan fingerprint density at radius 1 is 1.32 bits per heavy atom. The summed E-state index contributed by atoms with van der Waals surface area (Å²) < 4.78 is 5.17. The molecular formula is C15H24ClNO2. The zero-order valence-corrected chi connectivity index (χ0v) is 12.8. The van der Waals surface area contributed by atoms with Gasteiger partial charge in [-0.25, -0.2) is 0 Å². The van der Waals surface area contributed by atoms with Crippen molar-refractivity contribution in [3.63, 3.8) is 0 Å². The normalized spacial score (nSPS) is 11.5. The monoisotopic (exact) mass is 285 g/mol. The molecule has 1 aromatic carbocycles. The van der Waals surface area contributed by atoms with Crippen LogP contribution in [0.15, 0.2) is 18.2 Å². The maximum absolute atomic E-state index is 10.0. The Labute approximate surface area is 121 Å². The molecule has 0 fully saturated rings. The Balaban J connectivity index is 2.83. The van der Waals surface area contributed by atoms with E-state index in [1.54, 1.807) is 13.2 Å². The summed E-state index contributed by atoms with van der Waals surface area (Å²) in [6.45, 7) is 6.62. The molecule has 0 amide bonds. The molecule has 0 aromatic heterocycles. The maximum Gasteiger partial charge on any atom is 0.138 e. The topological polar surface area (TPSA) is 32.7 Å². The van der Waals surface area contributed by atoms with Crippen LogP contribution in [0.3, 0.4) is 0 Å². The quantitative estimate of drug-likeness (QED) is 0.791. The maximum atomic E-state index is 10.0. The number of rotatable bonds is 8. The molecule has 19 heavy (non-hydrogen) atoms. The van der Waals surface area contributed by atoms with Gasteiger partial charge in [-0.15, -0.1) is 0 Å².